The van der Waals surface area contributed by atoms with Gasteiger partial charge < -0.3 is 15.4 Å². The van der Waals surface area contributed by atoms with Crippen molar-refractivity contribution in [2.45, 2.75) is 38.1 Å². The van der Waals surface area contributed by atoms with Gasteiger partial charge in [0.1, 0.15) is 0 Å². The van der Waals surface area contributed by atoms with E-state index in [0.717, 1.165) is 29.8 Å². The van der Waals surface area contributed by atoms with Crippen LogP contribution in [0.2, 0.25) is 0 Å². The maximum Gasteiger partial charge on any atom is 0.238 e. The van der Waals surface area contributed by atoms with Crippen molar-refractivity contribution in [3.8, 4) is 0 Å². The Bertz CT molecular complexity index is 519. The van der Waals surface area contributed by atoms with Crippen LogP contribution in [-0.2, 0) is 14.9 Å². The first-order valence-electron chi connectivity index (χ1n) is 6.88. The Labute approximate surface area is 113 Å². The van der Waals surface area contributed by atoms with E-state index in [1.165, 1.54) is 0 Å². The van der Waals surface area contributed by atoms with Crippen molar-refractivity contribution >= 4 is 17.3 Å². The van der Waals surface area contributed by atoms with Gasteiger partial charge in [-0.05, 0) is 50.5 Å². The molecule has 1 amide bonds. The molecule has 1 fully saturated rings. The van der Waals surface area contributed by atoms with E-state index in [2.05, 4.69) is 13.8 Å². The molecule has 2 aliphatic heterocycles. The number of nitrogens with zero attached hydrogens (tertiary/aromatic N) is 1. The van der Waals surface area contributed by atoms with Crippen LogP contribution >= 0.6 is 0 Å². The number of anilines is 2. The van der Waals surface area contributed by atoms with Crippen LogP contribution in [0.5, 0.6) is 0 Å². The second-order valence-corrected chi connectivity index (χ2v) is 5.74. The molecule has 0 aromatic heterocycles. The van der Waals surface area contributed by atoms with Gasteiger partial charge in [-0.1, -0.05) is 0 Å². The molecule has 3 rings (SSSR count). The number of nitrogen functional groups attached to an aromatic ring is 1. The molecule has 0 bridgehead atoms. The highest BCUT2D eigenvalue weighted by Crippen LogP contribution is 2.48. The van der Waals surface area contributed by atoms with Gasteiger partial charge in [-0.3, -0.25) is 4.79 Å². The summed E-state index contributed by atoms with van der Waals surface area (Å²) in [6.07, 6.45) is 1.51. The molecule has 0 unspecified atom stereocenters. The van der Waals surface area contributed by atoms with Gasteiger partial charge in [-0.2, -0.15) is 0 Å². The third kappa shape index (κ3) is 1.66. The standard InChI is InChI=1S/C15H20N2O2/c1-10(2)17-13-4-3-11(16)9-12(13)15(14(17)18)5-7-19-8-6-15/h3-4,9-10H,5-8,16H2,1-2H3. The maximum atomic E-state index is 12.9. The van der Waals surface area contributed by atoms with Crippen molar-refractivity contribution in [2.75, 3.05) is 23.8 Å². The Hall–Kier alpha value is -1.55. The third-order valence-electron chi connectivity index (χ3n) is 4.29. The number of hydrogen-bond donors (Lipinski definition) is 1. The van der Waals surface area contributed by atoms with E-state index in [9.17, 15) is 4.79 Å². The molecule has 1 saturated heterocycles. The number of rotatable bonds is 1. The molecular weight excluding hydrogens is 240 g/mol. The quantitative estimate of drug-likeness (QED) is 0.786. The Morgan fingerprint density at radius 2 is 2.00 bits per heavy atom. The lowest BCUT2D eigenvalue weighted by molar-refractivity contribution is -0.126. The predicted octanol–water partition coefficient (Wildman–Crippen LogP) is 2.07. The van der Waals surface area contributed by atoms with E-state index in [4.69, 9.17) is 10.5 Å². The zero-order chi connectivity index (χ0) is 13.6. The molecule has 0 radical (unpaired) electrons. The highest BCUT2D eigenvalue weighted by Gasteiger charge is 2.51. The molecular formula is C15H20N2O2. The van der Waals surface area contributed by atoms with Crippen LogP contribution < -0.4 is 10.6 Å². The van der Waals surface area contributed by atoms with Gasteiger partial charge in [0.25, 0.3) is 0 Å². The van der Waals surface area contributed by atoms with Crippen LogP contribution in [0.4, 0.5) is 11.4 Å². The van der Waals surface area contributed by atoms with Crippen LogP contribution in [0.15, 0.2) is 18.2 Å². The summed E-state index contributed by atoms with van der Waals surface area (Å²) < 4.78 is 5.44. The Balaban J connectivity index is 2.17. The summed E-state index contributed by atoms with van der Waals surface area (Å²) in [5.41, 5.74) is 8.36. The van der Waals surface area contributed by atoms with E-state index >= 15 is 0 Å². The molecule has 2 aliphatic rings. The minimum atomic E-state index is -0.409. The number of amides is 1. The summed E-state index contributed by atoms with van der Waals surface area (Å²) in [6, 6.07) is 5.99. The maximum absolute atomic E-state index is 12.9. The van der Waals surface area contributed by atoms with E-state index in [1.807, 2.05) is 23.1 Å². The molecule has 1 aromatic carbocycles. The van der Waals surface area contributed by atoms with Crippen molar-refractivity contribution in [3.05, 3.63) is 23.8 Å². The number of ether oxygens (including phenoxy) is 1. The SMILES string of the molecule is CC(C)N1C(=O)C2(CCOCC2)c2cc(N)ccc21. The van der Waals surface area contributed by atoms with Gasteiger partial charge in [-0.25, -0.2) is 0 Å². The van der Waals surface area contributed by atoms with Crippen molar-refractivity contribution in [1.82, 2.24) is 0 Å². The van der Waals surface area contributed by atoms with Crippen LogP contribution in [0.1, 0.15) is 32.3 Å². The fourth-order valence-electron chi connectivity index (χ4n) is 3.32. The summed E-state index contributed by atoms with van der Waals surface area (Å²) in [4.78, 5) is 14.8. The molecule has 102 valence electrons. The topological polar surface area (TPSA) is 55.6 Å². The largest absolute Gasteiger partial charge is 0.399 e. The first kappa shape index (κ1) is 12.5. The molecule has 2 heterocycles. The number of fused-ring (bicyclic) bond motifs is 2. The molecule has 4 nitrogen and oxygen atoms in total. The normalized spacial score (nSPS) is 21.2. The fourth-order valence-corrected chi connectivity index (χ4v) is 3.32. The smallest absolute Gasteiger partial charge is 0.238 e. The molecule has 0 atom stereocenters. The highest BCUT2D eigenvalue weighted by molar-refractivity contribution is 6.08. The number of carbonyl (C=O) groups is 1. The first-order valence-corrected chi connectivity index (χ1v) is 6.88. The van der Waals surface area contributed by atoms with Gasteiger partial charge in [-0.15, -0.1) is 0 Å². The lowest BCUT2D eigenvalue weighted by Crippen LogP contribution is -2.46. The van der Waals surface area contributed by atoms with Gasteiger partial charge in [0.05, 0.1) is 5.41 Å². The van der Waals surface area contributed by atoms with Crippen molar-refractivity contribution in [3.63, 3.8) is 0 Å². The summed E-state index contributed by atoms with van der Waals surface area (Å²) >= 11 is 0. The summed E-state index contributed by atoms with van der Waals surface area (Å²) in [7, 11) is 0. The fraction of sp³-hybridized carbons (Fsp3) is 0.533. The number of hydrogen-bond acceptors (Lipinski definition) is 3. The molecule has 19 heavy (non-hydrogen) atoms. The second-order valence-electron chi connectivity index (χ2n) is 5.74. The zero-order valence-electron chi connectivity index (χ0n) is 11.5. The number of carbonyl (C=O) groups excluding carboxylic acids is 1. The van der Waals surface area contributed by atoms with E-state index < -0.39 is 5.41 Å². The van der Waals surface area contributed by atoms with Gasteiger partial charge >= 0.3 is 0 Å². The summed E-state index contributed by atoms with van der Waals surface area (Å²) in [5.74, 6) is 0.214. The molecule has 1 aromatic rings. The lowest BCUT2D eigenvalue weighted by Gasteiger charge is -2.33. The predicted molar refractivity (Wildman–Crippen MR) is 75.2 cm³/mol. The van der Waals surface area contributed by atoms with Gasteiger partial charge in [0, 0.05) is 30.6 Å². The molecule has 2 N–H and O–H groups in total. The zero-order valence-corrected chi connectivity index (χ0v) is 11.5. The van der Waals surface area contributed by atoms with E-state index in [-0.39, 0.29) is 11.9 Å². The lowest BCUT2D eigenvalue weighted by atomic mass is 9.75. The first-order chi connectivity index (χ1) is 9.06. The summed E-state index contributed by atoms with van der Waals surface area (Å²) in [5, 5.41) is 0. The average Bonchev–Trinajstić information content (AvgIpc) is 2.61. The molecule has 0 aliphatic carbocycles. The molecule has 1 spiro atoms. The van der Waals surface area contributed by atoms with Crippen molar-refractivity contribution < 1.29 is 9.53 Å². The second kappa shape index (κ2) is 4.23. The average molecular weight is 260 g/mol. The minimum absolute atomic E-state index is 0.164. The van der Waals surface area contributed by atoms with Gasteiger partial charge in [0.2, 0.25) is 5.91 Å². The van der Waals surface area contributed by atoms with E-state index in [0.29, 0.717) is 13.2 Å². The van der Waals surface area contributed by atoms with Crippen LogP contribution in [0, 0.1) is 0 Å². The van der Waals surface area contributed by atoms with Crippen molar-refractivity contribution in [1.29, 1.82) is 0 Å². The number of benzene rings is 1. The van der Waals surface area contributed by atoms with Crippen LogP contribution in [0.3, 0.4) is 0 Å². The Morgan fingerprint density at radius 1 is 1.32 bits per heavy atom. The van der Waals surface area contributed by atoms with Gasteiger partial charge in [0.15, 0.2) is 0 Å². The highest BCUT2D eigenvalue weighted by atomic mass is 16.5. The van der Waals surface area contributed by atoms with Crippen molar-refractivity contribution in [2.24, 2.45) is 0 Å². The number of nitrogens with two attached hydrogens (primary N) is 1. The van der Waals surface area contributed by atoms with Crippen LogP contribution in [-0.4, -0.2) is 25.2 Å². The third-order valence-corrected chi connectivity index (χ3v) is 4.29. The molecule has 0 saturated carbocycles. The monoisotopic (exact) mass is 260 g/mol. The molecule has 4 heteroatoms. The minimum Gasteiger partial charge on any atom is -0.399 e. The van der Waals surface area contributed by atoms with Crippen LogP contribution in [0.25, 0.3) is 0 Å². The Kier molecular flexibility index (Phi) is 2.78. The summed E-state index contributed by atoms with van der Waals surface area (Å²) in [6.45, 7) is 5.39. The van der Waals surface area contributed by atoms with E-state index in [1.54, 1.807) is 0 Å². The Morgan fingerprint density at radius 3 is 2.63 bits per heavy atom.